The van der Waals surface area contributed by atoms with Crippen LogP contribution in [0, 0.1) is 11.6 Å². The predicted octanol–water partition coefficient (Wildman–Crippen LogP) is 5.45. The average molecular weight is 446 g/mol. The molecule has 3 aromatic rings. The van der Waals surface area contributed by atoms with Gasteiger partial charge >= 0.3 is 0 Å². The fourth-order valence-corrected chi connectivity index (χ4v) is 3.24. The summed E-state index contributed by atoms with van der Waals surface area (Å²) >= 11 is 3.10. The molecule has 0 spiro atoms. The maximum absolute atomic E-state index is 13.8. The van der Waals surface area contributed by atoms with Gasteiger partial charge in [0.1, 0.15) is 18.2 Å². The van der Waals surface area contributed by atoms with Gasteiger partial charge in [-0.1, -0.05) is 30.3 Å². The van der Waals surface area contributed by atoms with Gasteiger partial charge in [0.05, 0.1) is 4.47 Å². The first-order valence-corrected chi connectivity index (χ1v) is 9.56. The molecule has 0 aliphatic heterocycles. The highest BCUT2D eigenvalue weighted by Gasteiger charge is 2.11. The maximum atomic E-state index is 13.8. The molecule has 0 unspecified atom stereocenters. The van der Waals surface area contributed by atoms with Gasteiger partial charge in [-0.3, -0.25) is 9.78 Å². The molecular weight excluding hydrogens is 428 g/mol. The molecule has 0 bridgehead atoms. The van der Waals surface area contributed by atoms with Crippen molar-refractivity contribution in [3.8, 4) is 5.75 Å². The zero-order chi connectivity index (χ0) is 19.9. The summed E-state index contributed by atoms with van der Waals surface area (Å²) in [7, 11) is 0. The number of carbonyl (C=O) groups is 1. The Bertz CT molecular complexity index is 924. The van der Waals surface area contributed by atoms with E-state index in [0.717, 1.165) is 28.8 Å². The van der Waals surface area contributed by atoms with Crippen LogP contribution in [0.25, 0.3) is 0 Å². The van der Waals surface area contributed by atoms with E-state index in [1.165, 1.54) is 0 Å². The minimum absolute atomic E-state index is 0.0314. The van der Waals surface area contributed by atoms with Crippen molar-refractivity contribution in [2.45, 2.75) is 25.9 Å². The minimum atomic E-state index is -0.761. The largest absolute Gasteiger partial charge is 0.485 e. The second kappa shape index (κ2) is 9.55. The molecule has 1 aromatic heterocycles. The van der Waals surface area contributed by atoms with E-state index in [0.29, 0.717) is 19.3 Å². The van der Waals surface area contributed by atoms with Crippen molar-refractivity contribution in [3.63, 3.8) is 0 Å². The summed E-state index contributed by atoms with van der Waals surface area (Å²) in [5.41, 5.74) is 2.78. The first-order valence-electron chi connectivity index (χ1n) is 8.77. The van der Waals surface area contributed by atoms with Gasteiger partial charge in [-0.2, -0.15) is 0 Å². The molecule has 2 aromatic carbocycles. The average Bonchev–Trinajstić information content (AvgIpc) is 2.67. The summed E-state index contributed by atoms with van der Waals surface area (Å²) in [6, 6.07) is 13.1. The Morgan fingerprint density at radius 3 is 2.46 bits per heavy atom. The smallest absolute Gasteiger partial charge is 0.169 e. The number of aryl methyl sites for hydroxylation is 1. The summed E-state index contributed by atoms with van der Waals surface area (Å²) in [4.78, 5) is 16.2. The van der Waals surface area contributed by atoms with Gasteiger partial charge in [0.15, 0.2) is 11.6 Å². The van der Waals surface area contributed by atoms with Gasteiger partial charge in [0.25, 0.3) is 0 Å². The van der Waals surface area contributed by atoms with Gasteiger partial charge in [0, 0.05) is 31.3 Å². The molecule has 0 N–H and O–H groups in total. The molecule has 3 rings (SSSR count). The summed E-state index contributed by atoms with van der Waals surface area (Å²) in [5.74, 6) is -1.31. The predicted molar refractivity (Wildman–Crippen MR) is 106 cm³/mol. The molecular formula is C22H18BrF2NO2. The van der Waals surface area contributed by atoms with E-state index < -0.39 is 11.6 Å². The van der Waals surface area contributed by atoms with Crippen molar-refractivity contribution in [1.29, 1.82) is 0 Å². The summed E-state index contributed by atoms with van der Waals surface area (Å²) < 4.78 is 32.6. The SMILES string of the molecule is O=C(CCc1cccnc1)Cc1ccc(COc2c(F)cc(F)cc2Br)cc1. The van der Waals surface area contributed by atoms with Crippen molar-refractivity contribution in [2.75, 3.05) is 0 Å². The first kappa shape index (κ1) is 20.1. The molecule has 144 valence electrons. The number of Topliss-reactive ketones (excluding diaryl/α,β-unsaturated/α-hetero) is 1. The number of carbonyl (C=O) groups excluding carboxylic acids is 1. The lowest BCUT2D eigenvalue weighted by molar-refractivity contribution is -0.118. The summed E-state index contributed by atoms with van der Waals surface area (Å²) in [6.45, 7) is 0.135. The maximum Gasteiger partial charge on any atom is 0.169 e. The van der Waals surface area contributed by atoms with Crippen LogP contribution in [-0.2, 0) is 24.2 Å². The third-order valence-corrected chi connectivity index (χ3v) is 4.77. The van der Waals surface area contributed by atoms with E-state index in [1.54, 1.807) is 12.4 Å². The Hall–Kier alpha value is -2.60. The van der Waals surface area contributed by atoms with Gasteiger partial charge in [-0.25, -0.2) is 8.78 Å². The minimum Gasteiger partial charge on any atom is -0.485 e. The van der Waals surface area contributed by atoms with Crippen LogP contribution in [0.2, 0.25) is 0 Å². The molecule has 0 aliphatic rings. The number of ketones is 1. The molecule has 1 heterocycles. The van der Waals surface area contributed by atoms with Crippen molar-refractivity contribution < 1.29 is 18.3 Å². The Morgan fingerprint density at radius 1 is 1.04 bits per heavy atom. The fourth-order valence-electron chi connectivity index (χ4n) is 2.72. The van der Waals surface area contributed by atoms with Crippen molar-refractivity contribution in [3.05, 3.63) is 93.7 Å². The highest BCUT2D eigenvalue weighted by atomic mass is 79.9. The highest BCUT2D eigenvalue weighted by Crippen LogP contribution is 2.30. The zero-order valence-electron chi connectivity index (χ0n) is 15.0. The van der Waals surface area contributed by atoms with E-state index in [1.807, 2.05) is 36.4 Å². The second-order valence-corrected chi connectivity index (χ2v) is 7.23. The van der Waals surface area contributed by atoms with Crippen LogP contribution in [0.4, 0.5) is 8.78 Å². The lowest BCUT2D eigenvalue weighted by Gasteiger charge is -2.10. The fraction of sp³-hybridized carbons (Fsp3) is 0.182. The number of halogens is 3. The van der Waals surface area contributed by atoms with E-state index in [2.05, 4.69) is 20.9 Å². The molecule has 0 atom stereocenters. The Kier molecular flexibility index (Phi) is 6.87. The standard InChI is InChI=1S/C22H18BrF2NO2/c23-20-11-18(24)12-21(25)22(20)28-14-17-5-3-15(4-6-17)10-19(27)8-7-16-2-1-9-26-13-16/h1-6,9,11-13H,7-8,10,14H2. The van der Waals surface area contributed by atoms with Gasteiger partial charge in [-0.05, 0) is 51.2 Å². The van der Waals surface area contributed by atoms with E-state index >= 15 is 0 Å². The number of hydrogen-bond donors (Lipinski definition) is 0. The van der Waals surface area contributed by atoms with Crippen molar-refractivity contribution in [2.24, 2.45) is 0 Å². The summed E-state index contributed by atoms with van der Waals surface area (Å²) in [6.07, 6.45) is 4.98. The molecule has 28 heavy (non-hydrogen) atoms. The normalized spacial score (nSPS) is 10.7. The first-order chi connectivity index (χ1) is 13.5. The van der Waals surface area contributed by atoms with Crippen LogP contribution in [0.1, 0.15) is 23.1 Å². The molecule has 0 radical (unpaired) electrons. The van der Waals surface area contributed by atoms with Crippen LogP contribution in [0.5, 0.6) is 5.75 Å². The van der Waals surface area contributed by atoms with Crippen LogP contribution in [-0.4, -0.2) is 10.8 Å². The molecule has 0 saturated carbocycles. The monoisotopic (exact) mass is 445 g/mol. The lowest BCUT2D eigenvalue weighted by Crippen LogP contribution is -2.05. The molecule has 0 amide bonds. The Labute approximate surface area is 170 Å². The van der Waals surface area contributed by atoms with E-state index in [9.17, 15) is 13.6 Å². The number of aromatic nitrogens is 1. The number of benzene rings is 2. The lowest BCUT2D eigenvalue weighted by atomic mass is 10.0. The highest BCUT2D eigenvalue weighted by molar-refractivity contribution is 9.10. The van der Waals surface area contributed by atoms with Crippen LogP contribution in [0.15, 0.2) is 65.4 Å². The number of hydrogen-bond acceptors (Lipinski definition) is 3. The van der Waals surface area contributed by atoms with E-state index in [-0.39, 0.29) is 22.6 Å². The Morgan fingerprint density at radius 2 is 1.79 bits per heavy atom. The number of ether oxygens (including phenoxy) is 1. The van der Waals surface area contributed by atoms with Gasteiger partial charge in [0.2, 0.25) is 0 Å². The number of pyridine rings is 1. The van der Waals surface area contributed by atoms with Gasteiger partial charge in [-0.15, -0.1) is 0 Å². The topological polar surface area (TPSA) is 39.2 Å². The van der Waals surface area contributed by atoms with Crippen LogP contribution >= 0.6 is 15.9 Å². The third-order valence-electron chi connectivity index (χ3n) is 4.19. The zero-order valence-corrected chi connectivity index (χ0v) is 16.6. The molecule has 0 saturated heterocycles. The molecule has 0 fully saturated rings. The number of nitrogens with zero attached hydrogens (tertiary/aromatic N) is 1. The van der Waals surface area contributed by atoms with Crippen molar-refractivity contribution in [1.82, 2.24) is 4.98 Å². The molecule has 0 aliphatic carbocycles. The Balaban J connectivity index is 1.51. The third kappa shape index (κ3) is 5.70. The van der Waals surface area contributed by atoms with Gasteiger partial charge < -0.3 is 4.74 Å². The van der Waals surface area contributed by atoms with Crippen LogP contribution in [0.3, 0.4) is 0 Å². The quantitative estimate of drug-likeness (QED) is 0.462. The molecule has 3 nitrogen and oxygen atoms in total. The van der Waals surface area contributed by atoms with E-state index in [4.69, 9.17) is 4.74 Å². The second-order valence-electron chi connectivity index (χ2n) is 6.38. The van der Waals surface area contributed by atoms with Crippen LogP contribution < -0.4 is 4.74 Å². The number of rotatable bonds is 8. The summed E-state index contributed by atoms with van der Waals surface area (Å²) in [5, 5.41) is 0. The molecule has 6 heteroatoms. The van der Waals surface area contributed by atoms with Crippen molar-refractivity contribution >= 4 is 21.7 Å².